The standard InChI is InChI=1S/C16H26N2/c1-13-6-4-5-7-16(13)18(3)12-14-8-10-15(17-2)11-9-14/h4-7,14-15,17H,8-12H2,1-3H3. The molecule has 0 saturated heterocycles. The zero-order chi connectivity index (χ0) is 13.0. The van der Waals surface area contributed by atoms with Crippen molar-refractivity contribution in [1.29, 1.82) is 0 Å². The van der Waals surface area contributed by atoms with E-state index in [9.17, 15) is 0 Å². The van der Waals surface area contributed by atoms with Crippen LogP contribution in [0.2, 0.25) is 0 Å². The summed E-state index contributed by atoms with van der Waals surface area (Å²) in [5.41, 5.74) is 2.76. The third-order valence-electron chi connectivity index (χ3n) is 4.31. The smallest absolute Gasteiger partial charge is 0.0393 e. The first-order valence-corrected chi connectivity index (χ1v) is 7.14. The average Bonchev–Trinajstić information content (AvgIpc) is 2.40. The normalized spacial score (nSPS) is 23.9. The molecule has 0 unspecified atom stereocenters. The van der Waals surface area contributed by atoms with E-state index in [0.29, 0.717) is 0 Å². The summed E-state index contributed by atoms with van der Waals surface area (Å²) in [5.74, 6) is 0.860. The Morgan fingerprint density at radius 1 is 1.17 bits per heavy atom. The van der Waals surface area contributed by atoms with Gasteiger partial charge in [0.2, 0.25) is 0 Å². The maximum Gasteiger partial charge on any atom is 0.0393 e. The van der Waals surface area contributed by atoms with Crippen molar-refractivity contribution in [1.82, 2.24) is 5.32 Å². The fourth-order valence-electron chi connectivity index (χ4n) is 3.11. The first-order valence-electron chi connectivity index (χ1n) is 7.14. The third-order valence-corrected chi connectivity index (χ3v) is 4.31. The van der Waals surface area contributed by atoms with Gasteiger partial charge in [-0.2, -0.15) is 0 Å². The Bertz CT molecular complexity index is 367. The molecule has 0 aromatic heterocycles. The predicted octanol–water partition coefficient (Wildman–Crippen LogP) is 3.21. The molecule has 1 aromatic carbocycles. The van der Waals surface area contributed by atoms with Crippen molar-refractivity contribution in [2.75, 3.05) is 25.5 Å². The molecule has 1 saturated carbocycles. The molecule has 2 rings (SSSR count). The third kappa shape index (κ3) is 3.26. The van der Waals surface area contributed by atoms with Gasteiger partial charge >= 0.3 is 0 Å². The van der Waals surface area contributed by atoms with E-state index in [1.165, 1.54) is 43.5 Å². The van der Waals surface area contributed by atoms with Crippen molar-refractivity contribution in [2.45, 2.75) is 38.6 Å². The van der Waals surface area contributed by atoms with Gasteiger partial charge in [0, 0.05) is 25.3 Å². The van der Waals surface area contributed by atoms with E-state index in [1.807, 2.05) is 0 Å². The van der Waals surface area contributed by atoms with E-state index >= 15 is 0 Å². The lowest BCUT2D eigenvalue weighted by Crippen LogP contribution is -2.34. The van der Waals surface area contributed by atoms with E-state index in [1.54, 1.807) is 0 Å². The molecule has 0 spiro atoms. The molecule has 2 nitrogen and oxygen atoms in total. The first-order chi connectivity index (χ1) is 8.70. The van der Waals surface area contributed by atoms with Gasteiger partial charge < -0.3 is 10.2 Å². The molecule has 0 radical (unpaired) electrons. The topological polar surface area (TPSA) is 15.3 Å². The highest BCUT2D eigenvalue weighted by molar-refractivity contribution is 5.52. The van der Waals surface area contributed by atoms with Crippen LogP contribution in [0.1, 0.15) is 31.2 Å². The van der Waals surface area contributed by atoms with Crippen LogP contribution in [0.3, 0.4) is 0 Å². The summed E-state index contributed by atoms with van der Waals surface area (Å²) in [7, 11) is 4.32. The predicted molar refractivity (Wildman–Crippen MR) is 79.3 cm³/mol. The molecule has 1 aromatic rings. The molecule has 1 aliphatic carbocycles. The second-order valence-electron chi connectivity index (χ2n) is 5.67. The number of benzene rings is 1. The summed E-state index contributed by atoms with van der Waals surface area (Å²) in [6, 6.07) is 9.44. The van der Waals surface area contributed by atoms with Gasteiger partial charge in [0.15, 0.2) is 0 Å². The number of para-hydroxylation sites is 1. The zero-order valence-electron chi connectivity index (χ0n) is 11.9. The van der Waals surface area contributed by atoms with Gasteiger partial charge in [0.05, 0.1) is 0 Å². The fraction of sp³-hybridized carbons (Fsp3) is 0.625. The number of nitrogens with zero attached hydrogens (tertiary/aromatic N) is 1. The second kappa shape index (κ2) is 6.24. The quantitative estimate of drug-likeness (QED) is 0.877. The Labute approximate surface area is 111 Å². The molecule has 1 N–H and O–H groups in total. The minimum Gasteiger partial charge on any atom is -0.374 e. The monoisotopic (exact) mass is 246 g/mol. The van der Waals surface area contributed by atoms with Crippen LogP contribution in [-0.2, 0) is 0 Å². The highest BCUT2D eigenvalue weighted by Gasteiger charge is 2.21. The number of rotatable bonds is 4. The van der Waals surface area contributed by atoms with Crippen molar-refractivity contribution in [3.05, 3.63) is 29.8 Å². The molecule has 0 amide bonds. The number of nitrogens with one attached hydrogen (secondary N) is 1. The van der Waals surface area contributed by atoms with Gasteiger partial charge in [0.1, 0.15) is 0 Å². The number of aryl methyl sites for hydroxylation is 1. The Morgan fingerprint density at radius 3 is 2.44 bits per heavy atom. The van der Waals surface area contributed by atoms with Crippen LogP contribution in [0, 0.1) is 12.8 Å². The molecule has 100 valence electrons. The highest BCUT2D eigenvalue weighted by atomic mass is 15.1. The minimum atomic E-state index is 0.755. The molecule has 0 aliphatic heterocycles. The largest absolute Gasteiger partial charge is 0.374 e. The Hall–Kier alpha value is -1.02. The van der Waals surface area contributed by atoms with E-state index in [4.69, 9.17) is 0 Å². The van der Waals surface area contributed by atoms with Crippen LogP contribution in [-0.4, -0.2) is 26.7 Å². The fourth-order valence-corrected chi connectivity index (χ4v) is 3.11. The van der Waals surface area contributed by atoms with E-state index in [2.05, 4.69) is 55.5 Å². The van der Waals surface area contributed by atoms with Gasteiger partial charge in [-0.3, -0.25) is 0 Å². The Balaban J connectivity index is 1.89. The van der Waals surface area contributed by atoms with Crippen molar-refractivity contribution in [2.24, 2.45) is 5.92 Å². The second-order valence-corrected chi connectivity index (χ2v) is 5.67. The van der Waals surface area contributed by atoms with E-state index in [0.717, 1.165) is 12.0 Å². The highest BCUT2D eigenvalue weighted by Crippen LogP contribution is 2.27. The molecular formula is C16H26N2. The summed E-state index contributed by atoms with van der Waals surface area (Å²) in [5, 5.41) is 3.40. The lowest BCUT2D eigenvalue weighted by atomic mass is 9.85. The van der Waals surface area contributed by atoms with Crippen LogP contribution in [0.5, 0.6) is 0 Å². The summed E-state index contributed by atoms with van der Waals surface area (Å²) < 4.78 is 0. The Kier molecular flexibility index (Phi) is 4.65. The van der Waals surface area contributed by atoms with Crippen molar-refractivity contribution in [3.8, 4) is 0 Å². The molecule has 0 bridgehead atoms. The SMILES string of the molecule is CNC1CCC(CN(C)c2ccccc2C)CC1. The van der Waals surface area contributed by atoms with Gasteiger partial charge in [-0.25, -0.2) is 0 Å². The van der Waals surface area contributed by atoms with Gasteiger partial charge in [-0.15, -0.1) is 0 Å². The van der Waals surface area contributed by atoms with Gasteiger partial charge in [0.25, 0.3) is 0 Å². The first kappa shape index (κ1) is 13.4. The molecule has 1 aliphatic rings. The van der Waals surface area contributed by atoms with E-state index < -0.39 is 0 Å². The molecule has 18 heavy (non-hydrogen) atoms. The number of hydrogen-bond acceptors (Lipinski definition) is 2. The van der Waals surface area contributed by atoms with Gasteiger partial charge in [-0.05, 0) is 57.2 Å². The molecule has 0 atom stereocenters. The summed E-state index contributed by atoms with van der Waals surface area (Å²) in [4.78, 5) is 2.43. The lowest BCUT2D eigenvalue weighted by Gasteiger charge is -2.32. The van der Waals surface area contributed by atoms with Crippen molar-refractivity contribution in [3.63, 3.8) is 0 Å². The maximum atomic E-state index is 3.40. The zero-order valence-corrected chi connectivity index (χ0v) is 11.9. The van der Waals surface area contributed by atoms with Gasteiger partial charge in [-0.1, -0.05) is 18.2 Å². The lowest BCUT2D eigenvalue weighted by molar-refractivity contribution is 0.305. The number of hydrogen-bond donors (Lipinski definition) is 1. The van der Waals surface area contributed by atoms with Crippen molar-refractivity contribution >= 4 is 5.69 Å². The van der Waals surface area contributed by atoms with Crippen LogP contribution in [0.15, 0.2) is 24.3 Å². The molecule has 1 fully saturated rings. The Morgan fingerprint density at radius 2 is 1.83 bits per heavy atom. The van der Waals surface area contributed by atoms with Crippen molar-refractivity contribution < 1.29 is 0 Å². The maximum absolute atomic E-state index is 3.40. The summed E-state index contributed by atoms with van der Waals surface area (Å²) in [6.07, 6.45) is 5.40. The van der Waals surface area contributed by atoms with Crippen LogP contribution >= 0.6 is 0 Å². The van der Waals surface area contributed by atoms with E-state index in [-0.39, 0.29) is 0 Å². The minimum absolute atomic E-state index is 0.755. The molecular weight excluding hydrogens is 220 g/mol. The van der Waals surface area contributed by atoms with Crippen LogP contribution in [0.25, 0.3) is 0 Å². The summed E-state index contributed by atoms with van der Waals surface area (Å²) >= 11 is 0. The average molecular weight is 246 g/mol. The number of anilines is 1. The van der Waals surface area contributed by atoms with Crippen LogP contribution in [0.4, 0.5) is 5.69 Å². The molecule has 0 heterocycles. The molecule has 2 heteroatoms. The summed E-state index contributed by atoms with van der Waals surface area (Å²) in [6.45, 7) is 3.39. The van der Waals surface area contributed by atoms with Crippen LogP contribution < -0.4 is 10.2 Å².